The maximum atomic E-state index is 9.94. The molecule has 2 aromatic carbocycles. The van der Waals surface area contributed by atoms with Crippen LogP contribution in [-0.2, 0) is 12.8 Å². The summed E-state index contributed by atoms with van der Waals surface area (Å²) in [5.74, 6) is 1.89. The fraction of sp³-hybridized carbons (Fsp3) is 0.435. The van der Waals surface area contributed by atoms with Crippen LogP contribution in [-0.4, -0.2) is 28.6 Å². The van der Waals surface area contributed by atoms with Crippen LogP contribution < -0.4 is 9.47 Å². The molecule has 1 N–H and O–H groups in total. The van der Waals surface area contributed by atoms with E-state index in [1.165, 1.54) is 11.1 Å². The summed E-state index contributed by atoms with van der Waals surface area (Å²) < 4.78 is 12.9. The van der Waals surface area contributed by atoms with Gasteiger partial charge >= 0.3 is 0 Å². The smallest absolute Gasteiger partial charge is 0.166 e. The summed E-state index contributed by atoms with van der Waals surface area (Å²) in [4.78, 5) is 5.12. The molecule has 0 aliphatic carbocycles. The number of halogens is 1. The van der Waals surface area contributed by atoms with E-state index in [0.717, 1.165) is 41.2 Å². The molecular formula is C23H26BrNO3. The minimum atomic E-state index is -0.281. The second-order valence-electron chi connectivity index (χ2n) is 8.80. The van der Waals surface area contributed by atoms with Gasteiger partial charge in [-0.25, -0.2) is 0 Å². The van der Waals surface area contributed by atoms with Gasteiger partial charge in [-0.3, -0.25) is 4.99 Å². The van der Waals surface area contributed by atoms with Crippen LogP contribution in [0.1, 0.15) is 56.9 Å². The zero-order valence-electron chi connectivity index (χ0n) is 17.0. The van der Waals surface area contributed by atoms with Crippen molar-refractivity contribution in [3.63, 3.8) is 0 Å². The zero-order chi connectivity index (χ0) is 20.3. The standard InChI is InChI=1S/C23H26BrNO3/c1-6-27-18-10-14-11-22(2,3)25-20(13-7-8-17(26)16(24)9-13)19(14)15-12-23(4,5)28-21(15)18/h7-10,26H,6,11-12H2,1-5H3. The van der Waals surface area contributed by atoms with E-state index in [-0.39, 0.29) is 16.9 Å². The van der Waals surface area contributed by atoms with Crippen LogP contribution in [0.4, 0.5) is 0 Å². The molecule has 2 aromatic rings. The fourth-order valence-electron chi connectivity index (χ4n) is 4.20. The van der Waals surface area contributed by atoms with Gasteiger partial charge in [0.2, 0.25) is 0 Å². The number of benzene rings is 2. The molecule has 0 atom stereocenters. The van der Waals surface area contributed by atoms with Crippen molar-refractivity contribution in [2.75, 3.05) is 6.61 Å². The Bertz CT molecular complexity index is 992. The lowest BCUT2D eigenvalue weighted by molar-refractivity contribution is 0.132. The molecule has 4 rings (SSSR count). The summed E-state index contributed by atoms with van der Waals surface area (Å²) in [5, 5.41) is 9.94. The molecule has 0 unspecified atom stereocenters. The molecule has 0 amide bonds. The minimum absolute atomic E-state index is 0.223. The van der Waals surface area contributed by atoms with E-state index in [1.54, 1.807) is 6.07 Å². The molecule has 28 heavy (non-hydrogen) atoms. The zero-order valence-corrected chi connectivity index (χ0v) is 18.6. The van der Waals surface area contributed by atoms with Gasteiger partial charge in [-0.15, -0.1) is 0 Å². The van der Waals surface area contributed by atoms with Crippen LogP contribution in [0.2, 0.25) is 0 Å². The van der Waals surface area contributed by atoms with Crippen molar-refractivity contribution in [2.24, 2.45) is 4.99 Å². The first-order valence-corrected chi connectivity index (χ1v) is 10.5. The topological polar surface area (TPSA) is 51.0 Å². The Morgan fingerprint density at radius 1 is 1.18 bits per heavy atom. The third-order valence-electron chi connectivity index (χ3n) is 5.20. The number of nitrogens with zero attached hydrogens (tertiary/aromatic N) is 1. The Kier molecular flexibility index (Phi) is 4.49. The molecule has 0 aromatic heterocycles. The van der Waals surface area contributed by atoms with Crippen LogP contribution in [0.5, 0.6) is 17.2 Å². The summed E-state index contributed by atoms with van der Waals surface area (Å²) in [5.41, 5.74) is 4.99. The van der Waals surface area contributed by atoms with Crippen molar-refractivity contribution >= 4 is 21.6 Å². The van der Waals surface area contributed by atoms with Crippen molar-refractivity contribution in [3.8, 4) is 17.2 Å². The van der Waals surface area contributed by atoms with Crippen LogP contribution in [0.3, 0.4) is 0 Å². The summed E-state index contributed by atoms with van der Waals surface area (Å²) >= 11 is 3.44. The van der Waals surface area contributed by atoms with Crippen LogP contribution in [0.15, 0.2) is 33.7 Å². The molecule has 0 fully saturated rings. The van der Waals surface area contributed by atoms with Crippen molar-refractivity contribution in [1.29, 1.82) is 0 Å². The molecule has 0 spiro atoms. The Hall–Kier alpha value is -2.01. The molecule has 2 heterocycles. The Morgan fingerprint density at radius 2 is 1.93 bits per heavy atom. The lowest BCUT2D eigenvalue weighted by Gasteiger charge is -2.31. The largest absolute Gasteiger partial charge is 0.507 e. The number of aliphatic imine (C=N–C) groups is 1. The van der Waals surface area contributed by atoms with E-state index < -0.39 is 0 Å². The molecule has 0 radical (unpaired) electrons. The van der Waals surface area contributed by atoms with Crippen LogP contribution in [0, 0.1) is 0 Å². The van der Waals surface area contributed by atoms with E-state index in [1.807, 2.05) is 19.1 Å². The number of aromatic hydroxyl groups is 1. The van der Waals surface area contributed by atoms with Gasteiger partial charge in [-0.1, -0.05) is 0 Å². The predicted octanol–water partition coefficient (Wildman–Crippen LogP) is 5.44. The number of hydrogen-bond donors (Lipinski definition) is 1. The molecular weight excluding hydrogens is 418 g/mol. The van der Waals surface area contributed by atoms with Crippen molar-refractivity contribution < 1.29 is 14.6 Å². The molecule has 5 heteroatoms. The van der Waals surface area contributed by atoms with Crippen molar-refractivity contribution in [1.82, 2.24) is 0 Å². The Labute approximate surface area is 174 Å². The number of phenolic OH excluding ortho intramolecular Hbond substituents is 1. The van der Waals surface area contributed by atoms with Gasteiger partial charge in [0.25, 0.3) is 0 Å². The number of hydrogen-bond acceptors (Lipinski definition) is 4. The third-order valence-corrected chi connectivity index (χ3v) is 5.84. The van der Waals surface area contributed by atoms with E-state index in [9.17, 15) is 5.11 Å². The molecule has 2 aliphatic rings. The summed E-state index contributed by atoms with van der Waals surface area (Å²) in [6.07, 6.45) is 1.66. The van der Waals surface area contributed by atoms with Gasteiger partial charge in [0.15, 0.2) is 11.5 Å². The first-order chi connectivity index (χ1) is 13.1. The van der Waals surface area contributed by atoms with E-state index in [0.29, 0.717) is 11.1 Å². The molecule has 0 saturated heterocycles. The normalized spacial score (nSPS) is 18.7. The number of phenols is 1. The average Bonchev–Trinajstić information content (AvgIpc) is 2.91. The van der Waals surface area contributed by atoms with Gasteiger partial charge in [0.1, 0.15) is 11.4 Å². The Balaban J connectivity index is 1.98. The first-order valence-electron chi connectivity index (χ1n) is 9.70. The highest BCUT2D eigenvalue weighted by Gasteiger charge is 2.39. The second-order valence-corrected chi connectivity index (χ2v) is 9.66. The molecule has 0 saturated carbocycles. The maximum absolute atomic E-state index is 9.94. The van der Waals surface area contributed by atoms with E-state index in [2.05, 4.69) is 49.7 Å². The third kappa shape index (κ3) is 3.30. The SMILES string of the molecule is CCOc1cc2c(c3c1OC(C)(C)C3)C(c1ccc(O)c(Br)c1)=NC(C)(C)C2. The monoisotopic (exact) mass is 443 g/mol. The second kappa shape index (κ2) is 6.51. The van der Waals surface area contributed by atoms with E-state index in [4.69, 9.17) is 14.5 Å². The minimum Gasteiger partial charge on any atom is -0.507 e. The lowest BCUT2D eigenvalue weighted by atomic mass is 9.81. The molecule has 148 valence electrons. The van der Waals surface area contributed by atoms with Gasteiger partial charge in [0.05, 0.1) is 22.3 Å². The van der Waals surface area contributed by atoms with E-state index >= 15 is 0 Å². The van der Waals surface area contributed by atoms with Crippen molar-refractivity contribution in [2.45, 2.75) is 58.6 Å². The highest BCUT2D eigenvalue weighted by Crippen LogP contribution is 2.48. The van der Waals surface area contributed by atoms with Crippen LogP contribution in [0.25, 0.3) is 0 Å². The van der Waals surface area contributed by atoms with Crippen molar-refractivity contribution in [3.05, 3.63) is 51.0 Å². The molecule has 4 nitrogen and oxygen atoms in total. The van der Waals surface area contributed by atoms with Gasteiger partial charge in [0, 0.05) is 23.1 Å². The lowest BCUT2D eigenvalue weighted by Crippen LogP contribution is -2.30. The fourth-order valence-corrected chi connectivity index (χ4v) is 4.57. The quantitative estimate of drug-likeness (QED) is 0.686. The highest BCUT2D eigenvalue weighted by atomic mass is 79.9. The van der Waals surface area contributed by atoms with Gasteiger partial charge in [-0.05, 0) is 86.8 Å². The maximum Gasteiger partial charge on any atom is 0.166 e. The summed E-state index contributed by atoms with van der Waals surface area (Å²) in [6, 6.07) is 7.69. The molecule has 0 bridgehead atoms. The summed E-state index contributed by atoms with van der Waals surface area (Å²) in [7, 11) is 0. The first kappa shape index (κ1) is 19.3. The summed E-state index contributed by atoms with van der Waals surface area (Å²) in [6.45, 7) is 11.1. The number of ether oxygens (including phenoxy) is 2. The van der Waals surface area contributed by atoms with Crippen LogP contribution >= 0.6 is 15.9 Å². The van der Waals surface area contributed by atoms with Gasteiger partial charge < -0.3 is 14.6 Å². The number of rotatable bonds is 3. The number of fused-ring (bicyclic) bond motifs is 3. The Morgan fingerprint density at radius 3 is 2.61 bits per heavy atom. The predicted molar refractivity (Wildman–Crippen MR) is 115 cm³/mol. The highest BCUT2D eigenvalue weighted by molar-refractivity contribution is 9.10. The molecule has 2 aliphatic heterocycles. The van der Waals surface area contributed by atoms with Gasteiger partial charge in [-0.2, -0.15) is 0 Å². The average molecular weight is 444 g/mol.